The van der Waals surface area contributed by atoms with Crippen molar-refractivity contribution in [3.63, 3.8) is 0 Å². The number of hydrogen-bond acceptors (Lipinski definition) is 2. The molecule has 2 nitrogen and oxygen atoms in total. The van der Waals surface area contributed by atoms with Crippen LogP contribution in [0.25, 0.3) is 11.1 Å². The fourth-order valence-electron chi connectivity index (χ4n) is 1.59. The summed E-state index contributed by atoms with van der Waals surface area (Å²) < 4.78 is 13.7. The van der Waals surface area contributed by atoms with Gasteiger partial charge < -0.3 is 5.73 Å². The van der Waals surface area contributed by atoms with Gasteiger partial charge in [-0.2, -0.15) is 5.26 Å². The lowest BCUT2D eigenvalue weighted by atomic mass is 9.99. The van der Waals surface area contributed by atoms with Gasteiger partial charge in [-0.3, -0.25) is 0 Å². The molecule has 0 aliphatic rings. The summed E-state index contributed by atoms with van der Waals surface area (Å²) in [5.74, 6) is -0.418. The molecule has 0 radical (unpaired) electrons. The molecule has 17 heavy (non-hydrogen) atoms. The fraction of sp³-hybridized carbons (Fsp3) is 0. The number of halogens is 2. The standard InChI is InChI=1S/C13H8ClFN2/c14-9-1-3-11(8(5-9)7-16)12-6-10(17)2-4-13(12)15/h1-6H,17H2. The van der Waals surface area contributed by atoms with Crippen molar-refractivity contribution in [2.24, 2.45) is 0 Å². The Balaban J connectivity index is 2.69. The van der Waals surface area contributed by atoms with E-state index in [0.29, 0.717) is 27.4 Å². The average molecular weight is 247 g/mol. The van der Waals surface area contributed by atoms with Gasteiger partial charge >= 0.3 is 0 Å². The van der Waals surface area contributed by atoms with Gasteiger partial charge in [0.05, 0.1) is 11.6 Å². The van der Waals surface area contributed by atoms with Crippen molar-refractivity contribution in [1.29, 1.82) is 5.26 Å². The second-order valence-electron chi connectivity index (χ2n) is 3.54. The second-order valence-corrected chi connectivity index (χ2v) is 3.98. The Morgan fingerprint density at radius 2 is 1.88 bits per heavy atom. The van der Waals surface area contributed by atoms with Gasteiger partial charge in [0.15, 0.2) is 0 Å². The van der Waals surface area contributed by atoms with Crippen molar-refractivity contribution in [2.75, 3.05) is 5.73 Å². The molecule has 0 heterocycles. The molecule has 0 aliphatic carbocycles. The molecule has 0 spiro atoms. The Morgan fingerprint density at radius 3 is 2.59 bits per heavy atom. The first-order valence-corrected chi connectivity index (χ1v) is 5.24. The highest BCUT2D eigenvalue weighted by Crippen LogP contribution is 2.29. The number of nitrogens with two attached hydrogens (primary N) is 1. The van der Waals surface area contributed by atoms with E-state index in [-0.39, 0.29) is 0 Å². The van der Waals surface area contributed by atoms with Crippen molar-refractivity contribution in [1.82, 2.24) is 0 Å². The van der Waals surface area contributed by atoms with Crippen LogP contribution < -0.4 is 5.73 Å². The Kier molecular flexibility index (Phi) is 2.99. The van der Waals surface area contributed by atoms with E-state index in [4.69, 9.17) is 22.6 Å². The highest BCUT2D eigenvalue weighted by atomic mass is 35.5. The van der Waals surface area contributed by atoms with E-state index in [9.17, 15) is 4.39 Å². The quantitative estimate of drug-likeness (QED) is 0.782. The zero-order valence-corrected chi connectivity index (χ0v) is 9.50. The first-order chi connectivity index (χ1) is 8.11. The molecule has 0 aliphatic heterocycles. The molecule has 0 atom stereocenters. The van der Waals surface area contributed by atoms with Crippen LogP contribution in [0.2, 0.25) is 5.02 Å². The van der Waals surface area contributed by atoms with E-state index in [2.05, 4.69) is 0 Å². The van der Waals surface area contributed by atoms with Crippen LogP contribution in [-0.4, -0.2) is 0 Å². The number of rotatable bonds is 1. The monoisotopic (exact) mass is 246 g/mol. The van der Waals surface area contributed by atoms with E-state index in [1.54, 1.807) is 12.1 Å². The number of anilines is 1. The molecule has 84 valence electrons. The van der Waals surface area contributed by atoms with Gasteiger partial charge in [-0.1, -0.05) is 17.7 Å². The molecule has 0 bridgehead atoms. The molecular weight excluding hydrogens is 239 g/mol. The predicted molar refractivity (Wildman–Crippen MR) is 66.0 cm³/mol. The summed E-state index contributed by atoms with van der Waals surface area (Å²) in [6, 6.07) is 11.0. The SMILES string of the molecule is N#Cc1cc(Cl)ccc1-c1cc(N)ccc1F. The minimum Gasteiger partial charge on any atom is -0.399 e. The number of nitriles is 1. The van der Waals surface area contributed by atoms with Gasteiger partial charge in [-0.15, -0.1) is 0 Å². The first-order valence-electron chi connectivity index (χ1n) is 4.87. The smallest absolute Gasteiger partial charge is 0.131 e. The van der Waals surface area contributed by atoms with E-state index >= 15 is 0 Å². The predicted octanol–water partition coefficient (Wildman–Crippen LogP) is 3.60. The zero-order chi connectivity index (χ0) is 12.4. The van der Waals surface area contributed by atoms with Crippen LogP contribution in [0.4, 0.5) is 10.1 Å². The van der Waals surface area contributed by atoms with Gasteiger partial charge in [0, 0.05) is 21.8 Å². The second kappa shape index (κ2) is 4.44. The molecule has 0 fully saturated rings. The molecule has 4 heteroatoms. The molecule has 0 aromatic heterocycles. The third kappa shape index (κ3) is 2.22. The van der Waals surface area contributed by atoms with Crippen LogP contribution in [0, 0.1) is 17.1 Å². The lowest BCUT2D eigenvalue weighted by Crippen LogP contribution is -1.92. The first kappa shape index (κ1) is 11.4. The Morgan fingerprint density at radius 1 is 1.12 bits per heavy atom. The third-order valence-corrected chi connectivity index (χ3v) is 2.62. The molecular formula is C13H8ClFN2. The molecule has 0 saturated heterocycles. The highest BCUT2D eigenvalue weighted by molar-refractivity contribution is 6.30. The number of hydrogen-bond donors (Lipinski definition) is 1. The Bertz CT molecular complexity index is 617. The summed E-state index contributed by atoms with van der Waals surface area (Å²) in [6.07, 6.45) is 0. The van der Waals surface area contributed by atoms with Gasteiger partial charge in [0.25, 0.3) is 0 Å². The van der Waals surface area contributed by atoms with Gasteiger partial charge in [-0.05, 0) is 30.3 Å². The summed E-state index contributed by atoms with van der Waals surface area (Å²) in [4.78, 5) is 0. The van der Waals surface area contributed by atoms with Crippen LogP contribution in [-0.2, 0) is 0 Å². The topological polar surface area (TPSA) is 49.8 Å². The zero-order valence-electron chi connectivity index (χ0n) is 8.74. The summed E-state index contributed by atoms with van der Waals surface area (Å²) in [5, 5.41) is 9.44. The third-order valence-electron chi connectivity index (χ3n) is 2.38. The van der Waals surface area contributed by atoms with Gasteiger partial charge in [0.1, 0.15) is 5.82 Å². The molecule has 2 aromatic carbocycles. The van der Waals surface area contributed by atoms with Crippen molar-refractivity contribution in [2.45, 2.75) is 0 Å². The number of nitrogens with zero attached hydrogens (tertiary/aromatic N) is 1. The molecule has 2 N–H and O–H groups in total. The molecule has 0 unspecified atom stereocenters. The lowest BCUT2D eigenvalue weighted by molar-refractivity contribution is 0.631. The minimum atomic E-state index is -0.418. The van der Waals surface area contributed by atoms with Crippen LogP contribution in [0.15, 0.2) is 36.4 Å². The maximum atomic E-state index is 13.7. The summed E-state index contributed by atoms with van der Waals surface area (Å²) in [7, 11) is 0. The largest absolute Gasteiger partial charge is 0.399 e. The molecule has 0 saturated carbocycles. The van der Waals surface area contributed by atoms with E-state index in [0.717, 1.165) is 0 Å². The normalized spacial score (nSPS) is 9.94. The average Bonchev–Trinajstić information content (AvgIpc) is 2.32. The molecule has 2 rings (SSSR count). The van der Waals surface area contributed by atoms with E-state index in [1.807, 2.05) is 6.07 Å². The van der Waals surface area contributed by atoms with E-state index < -0.39 is 5.82 Å². The summed E-state index contributed by atoms with van der Waals surface area (Å²) in [6.45, 7) is 0. The van der Waals surface area contributed by atoms with Crippen molar-refractivity contribution >= 4 is 17.3 Å². The Hall–Kier alpha value is -2.05. The summed E-state index contributed by atoms with van der Waals surface area (Å²) in [5.41, 5.74) is 7.17. The number of nitrogen functional groups attached to an aromatic ring is 1. The Labute approximate surface area is 103 Å². The van der Waals surface area contributed by atoms with Crippen molar-refractivity contribution in [3.8, 4) is 17.2 Å². The van der Waals surface area contributed by atoms with Crippen LogP contribution >= 0.6 is 11.6 Å². The maximum absolute atomic E-state index is 13.7. The fourth-order valence-corrected chi connectivity index (χ4v) is 1.77. The highest BCUT2D eigenvalue weighted by Gasteiger charge is 2.10. The van der Waals surface area contributed by atoms with Crippen molar-refractivity contribution in [3.05, 3.63) is 52.8 Å². The van der Waals surface area contributed by atoms with Crippen LogP contribution in [0.3, 0.4) is 0 Å². The lowest BCUT2D eigenvalue weighted by Gasteiger charge is -2.07. The number of benzene rings is 2. The molecule has 0 amide bonds. The van der Waals surface area contributed by atoms with Crippen LogP contribution in [0.5, 0.6) is 0 Å². The maximum Gasteiger partial charge on any atom is 0.131 e. The van der Waals surface area contributed by atoms with Gasteiger partial charge in [-0.25, -0.2) is 4.39 Å². The van der Waals surface area contributed by atoms with Gasteiger partial charge in [0.2, 0.25) is 0 Å². The summed E-state index contributed by atoms with van der Waals surface area (Å²) >= 11 is 5.78. The van der Waals surface area contributed by atoms with Crippen LogP contribution in [0.1, 0.15) is 5.56 Å². The van der Waals surface area contributed by atoms with E-state index in [1.165, 1.54) is 24.3 Å². The minimum absolute atomic E-state index is 0.304. The molecule has 2 aromatic rings. The van der Waals surface area contributed by atoms with Crippen molar-refractivity contribution < 1.29 is 4.39 Å².